The Hall–Kier alpha value is -1.13. The monoisotopic (exact) mass is 247 g/mol. The van der Waals surface area contributed by atoms with Crippen LogP contribution in [0.15, 0.2) is 23.7 Å². The molecule has 90 valence electrons. The molecule has 1 aliphatic carbocycles. The molecule has 3 rings (SSSR count). The Morgan fingerprint density at radius 1 is 1.29 bits per heavy atom. The summed E-state index contributed by atoms with van der Waals surface area (Å²) in [6.07, 6.45) is 6.61. The van der Waals surface area contributed by atoms with Crippen molar-refractivity contribution in [3.8, 4) is 11.4 Å². The van der Waals surface area contributed by atoms with E-state index in [-0.39, 0.29) is 0 Å². The van der Waals surface area contributed by atoms with Gasteiger partial charge in [0.25, 0.3) is 0 Å². The molecule has 17 heavy (non-hydrogen) atoms. The van der Waals surface area contributed by atoms with Crippen LogP contribution in [0.5, 0.6) is 0 Å². The molecule has 1 fully saturated rings. The Morgan fingerprint density at radius 3 is 2.82 bits per heavy atom. The first-order valence-corrected chi connectivity index (χ1v) is 7.05. The van der Waals surface area contributed by atoms with E-state index < -0.39 is 0 Å². The highest BCUT2D eigenvalue weighted by atomic mass is 32.1. The highest BCUT2D eigenvalue weighted by molar-refractivity contribution is 7.10. The normalized spacial score (nSPS) is 25.0. The molecular weight excluding hydrogens is 230 g/mol. The van der Waals surface area contributed by atoms with Crippen molar-refractivity contribution >= 4 is 11.3 Å². The minimum absolute atomic E-state index is 0.411. The van der Waals surface area contributed by atoms with E-state index in [1.807, 2.05) is 12.3 Å². The lowest BCUT2D eigenvalue weighted by Crippen LogP contribution is -2.25. The predicted octanol–water partition coefficient (Wildman–Crippen LogP) is 3.12. The van der Waals surface area contributed by atoms with Gasteiger partial charge in [-0.15, -0.1) is 11.3 Å². The van der Waals surface area contributed by atoms with Crippen LogP contribution in [0, 0.1) is 0 Å². The van der Waals surface area contributed by atoms with Crippen molar-refractivity contribution in [2.45, 2.75) is 37.6 Å². The van der Waals surface area contributed by atoms with E-state index in [0.29, 0.717) is 12.0 Å². The van der Waals surface area contributed by atoms with Gasteiger partial charge in [-0.25, -0.2) is 4.98 Å². The van der Waals surface area contributed by atoms with Crippen LogP contribution in [0.4, 0.5) is 0 Å². The van der Waals surface area contributed by atoms with Crippen molar-refractivity contribution in [2.24, 2.45) is 5.73 Å². The zero-order chi connectivity index (χ0) is 11.7. The van der Waals surface area contributed by atoms with Crippen LogP contribution in [-0.2, 0) is 0 Å². The van der Waals surface area contributed by atoms with Gasteiger partial charge in [0.1, 0.15) is 0 Å². The minimum atomic E-state index is 0.411. The molecule has 0 amide bonds. The Balaban J connectivity index is 1.76. The van der Waals surface area contributed by atoms with Crippen LogP contribution in [0.25, 0.3) is 11.4 Å². The maximum atomic E-state index is 5.94. The minimum Gasteiger partial charge on any atom is -0.360 e. The molecule has 3 N–H and O–H groups in total. The number of nitrogens with zero attached hydrogens (tertiary/aromatic N) is 1. The molecule has 0 saturated heterocycles. The summed E-state index contributed by atoms with van der Waals surface area (Å²) in [5, 5.41) is 3.43. The third-order valence-corrected chi connectivity index (χ3v) is 4.52. The molecule has 0 aromatic carbocycles. The fourth-order valence-electron chi connectivity index (χ4n) is 2.45. The molecule has 2 heterocycles. The highest BCUT2D eigenvalue weighted by Gasteiger charge is 2.22. The molecule has 2 aromatic heterocycles. The molecule has 0 unspecified atom stereocenters. The standard InChI is InChI=1S/C13H17N3S/c14-10-5-3-9(4-6-10)13-16-12(8-17-13)11-2-1-7-15-11/h1-2,7-10,15H,3-6,14H2. The number of aromatic nitrogens is 2. The van der Waals surface area contributed by atoms with Crippen molar-refractivity contribution in [2.75, 3.05) is 0 Å². The number of aromatic amines is 1. The van der Waals surface area contributed by atoms with Crippen molar-refractivity contribution < 1.29 is 0 Å². The third kappa shape index (κ3) is 2.28. The van der Waals surface area contributed by atoms with Gasteiger partial charge < -0.3 is 10.7 Å². The number of thiazole rings is 1. The highest BCUT2D eigenvalue weighted by Crippen LogP contribution is 2.35. The number of rotatable bonds is 2. The summed E-state index contributed by atoms with van der Waals surface area (Å²) >= 11 is 1.78. The van der Waals surface area contributed by atoms with Gasteiger partial charge in [-0.05, 0) is 37.8 Å². The van der Waals surface area contributed by atoms with E-state index in [1.165, 1.54) is 17.8 Å². The van der Waals surface area contributed by atoms with Crippen LogP contribution in [0.1, 0.15) is 36.6 Å². The van der Waals surface area contributed by atoms with Gasteiger partial charge in [-0.3, -0.25) is 0 Å². The Labute approximate surface area is 105 Å². The van der Waals surface area contributed by atoms with Crippen molar-refractivity contribution in [1.82, 2.24) is 9.97 Å². The fourth-order valence-corrected chi connectivity index (χ4v) is 3.45. The molecule has 2 aromatic rings. The molecule has 1 aliphatic rings. The second-order valence-electron chi connectivity index (χ2n) is 4.77. The lowest BCUT2D eigenvalue weighted by molar-refractivity contribution is 0.395. The summed E-state index contributed by atoms with van der Waals surface area (Å²) in [7, 11) is 0. The molecule has 0 aliphatic heterocycles. The van der Waals surface area contributed by atoms with E-state index in [4.69, 9.17) is 10.7 Å². The van der Waals surface area contributed by atoms with Gasteiger partial charge in [0.05, 0.1) is 16.4 Å². The van der Waals surface area contributed by atoms with Gasteiger partial charge in [0.15, 0.2) is 0 Å². The molecule has 1 saturated carbocycles. The first-order chi connectivity index (χ1) is 8.33. The number of H-pyrrole nitrogens is 1. The molecule has 0 radical (unpaired) electrons. The quantitative estimate of drug-likeness (QED) is 0.856. The van der Waals surface area contributed by atoms with Gasteiger partial charge in [-0.2, -0.15) is 0 Å². The number of hydrogen-bond donors (Lipinski definition) is 2. The SMILES string of the molecule is NC1CCC(c2nc(-c3ccc[nH]3)cs2)CC1. The van der Waals surface area contributed by atoms with Crippen molar-refractivity contribution in [3.63, 3.8) is 0 Å². The van der Waals surface area contributed by atoms with E-state index in [9.17, 15) is 0 Å². The summed E-state index contributed by atoms with van der Waals surface area (Å²) < 4.78 is 0. The van der Waals surface area contributed by atoms with E-state index in [2.05, 4.69) is 16.4 Å². The van der Waals surface area contributed by atoms with Crippen LogP contribution < -0.4 is 5.73 Å². The van der Waals surface area contributed by atoms with E-state index >= 15 is 0 Å². The Bertz CT molecular complexity index is 467. The van der Waals surface area contributed by atoms with Crippen molar-refractivity contribution in [3.05, 3.63) is 28.7 Å². The maximum absolute atomic E-state index is 5.94. The smallest absolute Gasteiger partial charge is 0.0976 e. The summed E-state index contributed by atoms with van der Waals surface area (Å²) in [6, 6.07) is 4.48. The molecule has 0 bridgehead atoms. The van der Waals surface area contributed by atoms with Crippen molar-refractivity contribution in [1.29, 1.82) is 0 Å². The molecular formula is C13H17N3S. The van der Waals surface area contributed by atoms with Gasteiger partial charge in [-0.1, -0.05) is 0 Å². The van der Waals surface area contributed by atoms with Crippen LogP contribution in [0.2, 0.25) is 0 Å². The van der Waals surface area contributed by atoms with Crippen LogP contribution in [0.3, 0.4) is 0 Å². The van der Waals surface area contributed by atoms with Crippen LogP contribution in [-0.4, -0.2) is 16.0 Å². The Kier molecular flexibility index (Phi) is 2.99. The van der Waals surface area contributed by atoms with Gasteiger partial charge in [0, 0.05) is 23.5 Å². The zero-order valence-electron chi connectivity index (χ0n) is 9.73. The average molecular weight is 247 g/mol. The molecule has 3 nitrogen and oxygen atoms in total. The number of nitrogens with two attached hydrogens (primary N) is 1. The third-order valence-electron chi connectivity index (χ3n) is 3.52. The lowest BCUT2D eigenvalue weighted by Gasteiger charge is -2.24. The molecule has 0 spiro atoms. The molecule has 0 atom stereocenters. The first kappa shape index (κ1) is 11.0. The summed E-state index contributed by atoms with van der Waals surface area (Å²) in [4.78, 5) is 7.95. The van der Waals surface area contributed by atoms with E-state index in [0.717, 1.165) is 24.2 Å². The number of nitrogens with one attached hydrogen (secondary N) is 1. The Morgan fingerprint density at radius 2 is 2.12 bits per heavy atom. The zero-order valence-corrected chi connectivity index (χ0v) is 10.5. The average Bonchev–Trinajstić information content (AvgIpc) is 3.00. The van der Waals surface area contributed by atoms with Gasteiger partial charge >= 0.3 is 0 Å². The lowest BCUT2D eigenvalue weighted by atomic mass is 9.87. The maximum Gasteiger partial charge on any atom is 0.0976 e. The summed E-state index contributed by atoms with van der Waals surface area (Å²) in [5.74, 6) is 0.628. The second-order valence-corrected chi connectivity index (χ2v) is 5.66. The summed E-state index contributed by atoms with van der Waals surface area (Å²) in [6.45, 7) is 0. The molecule has 4 heteroatoms. The van der Waals surface area contributed by atoms with Crippen LogP contribution >= 0.6 is 11.3 Å². The predicted molar refractivity (Wildman–Crippen MR) is 71.1 cm³/mol. The largest absolute Gasteiger partial charge is 0.360 e. The second kappa shape index (κ2) is 4.63. The fraction of sp³-hybridized carbons (Fsp3) is 0.462. The first-order valence-electron chi connectivity index (χ1n) is 6.17. The number of hydrogen-bond acceptors (Lipinski definition) is 3. The van der Waals surface area contributed by atoms with E-state index in [1.54, 1.807) is 11.3 Å². The summed E-state index contributed by atoms with van der Waals surface area (Å²) in [5.41, 5.74) is 8.12. The van der Waals surface area contributed by atoms with Gasteiger partial charge in [0.2, 0.25) is 0 Å². The topological polar surface area (TPSA) is 54.7 Å².